The fraction of sp³-hybridized carbons (Fsp3) is 1.00. The van der Waals surface area contributed by atoms with Gasteiger partial charge in [-0.3, -0.25) is 5.84 Å². The van der Waals surface area contributed by atoms with Crippen LogP contribution in [-0.2, 0) is 0 Å². The number of nitrogens with two attached hydrogens (primary N) is 1. The van der Waals surface area contributed by atoms with Crippen molar-refractivity contribution in [3.63, 3.8) is 0 Å². The number of β-amino-alcohol motifs (C(OH)–C–C–N with tert-alkyl or cyclic N) is 1. The van der Waals surface area contributed by atoms with Crippen molar-refractivity contribution in [2.24, 2.45) is 5.84 Å². The Kier molecular flexibility index (Phi) is 3.31. The van der Waals surface area contributed by atoms with Crippen LogP contribution >= 0.6 is 12.4 Å². The van der Waals surface area contributed by atoms with E-state index in [4.69, 9.17) is 10.9 Å². The molecule has 4 heteroatoms. The molecule has 0 saturated carbocycles. The minimum atomic E-state index is -0.176. The molecule has 3 N–H and O–H groups in total. The van der Waals surface area contributed by atoms with E-state index in [0.717, 1.165) is 13.0 Å². The van der Waals surface area contributed by atoms with Crippen LogP contribution < -0.4 is 5.84 Å². The Bertz CT molecular complexity index is 63.1. The summed E-state index contributed by atoms with van der Waals surface area (Å²) in [5.74, 6) is 5.30. The number of rotatable bonds is 0. The van der Waals surface area contributed by atoms with Gasteiger partial charge < -0.3 is 5.11 Å². The third kappa shape index (κ3) is 1.96. The van der Waals surface area contributed by atoms with E-state index in [1.54, 1.807) is 5.01 Å². The van der Waals surface area contributed by atoms with Gasteiger partial charge in [0.05, 0.1) is 6.10 Å². The van der Waals surface area contributed by atoms with Gasteiger partial charge in [-0.1, -0.05) is 0 Å². The van der Waals surface area contributed by atoms with Crippen LogP contribution in [0, 0.1) is 0 Å². The second-order valence-electron chi connectivity index (χ2n) is 1.94. The molecule has 0 aromatic carbocycles. The molecule has 3 nitrogen and oxygen atoms in total. The number of hydrogen-bond donors (Lipinski definition) is 2. The molecule has 1 atom stereocenters. The number of aliphatic hydroxyl groups is 1. The van der Waals surface area contributed by atoms with Crippen LogP contribution in [0.25, 0.3) is 0 Å². The Morgan fingerprint density at radius 3 is 2.38 bits per heavy atom. The Morgan fingerprint density at radius 2 is 2.25 bits per heavy atom. The van der Waals surface area contributed by atoms with Gasteiger partial charge in [-0.2, -0.15) is 0 Å². The predicted molar refractivity (Wildman–Crippen MR) is 33.6 cm³/mol. The zero-order valence-corrected chi connectivity index (χ0v) is 5.40. The maximum absolute atomic E-state index is 8.78. The molecule has 50 valence electrons. The molecule has 1 heterocycles. The minimum Gasteiger partial charge on any atom is -0.392 e. The van der Waals surface area contributed by atoms with Crippen LogP contribution in [0.3, 0.4) is 0 Å². The first-order valence-electron chi connectivity index (χ1n) is 2.47. The van der Waals surface area contributed by atoms with E-state index in [-0.39, 0.29) is 18.5 Å². The van der Waals surface area contributed by atoms with Crippen LogP contribution in [0.4, 0.5) is 0 Å². The second kappa shape index (κ2) is 3.25. The molecule has 1 rings (SSSR count). The summed E-state index contributed by atoms with van der Waals surface area (Å²) < 4.78 is 0. The molecule has 0 aliphatic carbocycles. The molecule has 0 amide bonds. The topological polar surface area (TPSA) is 49.5 Å². The van der Waals surface area contributed by atoms with Crippen LogP contribution in [0.5, 0.6) is 0 Å². The Hall–Kier alpha value is 0.170. The molecule has 0 aromatic heterocycles. The van der Waals surface area contributed by atoms with Gasteiger partial charge in [-0.25, -0.2) is 5.01 Å². The van der Waals surface area contributed by atoms with Crippen LogP contribution in [0.1, 0.15) is 6.42 Å². The first-order valence-corrected chi connectivity index (χ1v) is 2.47. The zero-order chi connectivity index (χ0) is 5.28. The van der Waals surface area contributed by atoms with Crippen molar-refractivity contribution in [3.8, 4) is 0 Å². The van der Waals surface area contributed by atoms with Crippen LogP contribution in [0.15, 0.2) is 0 Å². The largest absolute Gasteiger partial charge is 0.392 e. The molecule has 0 spiro atoms. The third-order valence-electron chi connectivity index (χ3n) is 1.19. The van der Waals surface area contributed by atoms with E-state index < -0.39 is 0 Å². The van der Waals surface area contributed by atoms with Crippen molar-refractivity contribution in [1.82, 2.24) is 5.01 Å². The molecule has 1 aliphatic rings. The zero-order valence-electron chi connectivity index (χ0n) is 4.58. The van der Waals surface area contributed by atoms with E-state index in [1.807, 2.05) is 0 Å². The van der Waals surface area contributed by atoms with Gasteiger partial charge in [0.25, 0.3) is 0 Å². The van der Waals surface area contributed by atoms with E-state index in [1.165, 1.54) is 0 Å². The summed E-state index contributed by atoms with van der Waals surface area (Å²) in [4.78, 5) is 0. The molecule has 0 aromatic rings. The Labute approximate surface area is 54.8 Å². The van der Waals surface area contributed by atoms with E-state index in [9.17, 15) is 0 Å². The average Bonchev–Trinajstić information content (AvgIpc) is 1.87. The monoisotopic (exact) mass is 138 g/mol. The quantitative estimate of drug-likeness (QED) is 0.438. The molecular weight excluding hydrogens is 128 g/mol. The fourth-order valence-electron chi connectivity index (χ4n) is 0.768. The number of halogens is 1. The Morgan fingerprint density at radius 1 is 1.62 bits per heavy atom. The van der Waals surface area contributed by atoms with Crippen molar-refractivity contribution in [2.45, 2.75) is 12.5 Å². The average molecular weight is 139 g/mol. The molecule has 1 unspecified atom stereocenters. The Balaban J connectivity index is 0.000000490. The van der Waals surface area contributed by atoms with Gasteiger partial charge >= 0.3 is 0 Å². The third-order valence-corrected chi connectivity index (χ3v) is 1.19. The normalized spacial score (nSPS) is 30.0. The summed E-state index contributed by atoms with van der Waals surface area (Å²) in [6, 6.07) is 0. The molecule has 1 aliphatic heterocycles. The molecule has 8 heavy (non-hydrogen) atoms. The lowest BCUT2D eigenvalue weighted by molar-refractivity contribution is 0.177. The highest BCUT2D eigenvalue weighted by Gasteiger charge is 2.15. The second-order valence-corrected chi connectivity index (χ2v) is 1.94. The van der Waals surface area contributed by atoms with Gasteiger partial charge in [0, 0.05) is 13.1 Å². The summed E-state index contributed by atoms with van der Waals surface area (Å²) in [6.45, 7) is 1.47. The summed E-state index contributed by atoms with van der Waals surface area (Å²) in [7, 11) is 0. The highest BCUT2D eigenvalue weighted by atomic mass is 35.5. The summed E-state index contributed by atoms with van der Waals surface area (Å²) >= 11 is 0. The SMILES string of the molecule is Cl.NN1CCC(O)C1. The molecule has 0 radical (unpaired) electrons. The molecule has 1 fully saturated rings. The summed E-state index contributed by atoms with van der Waals surface area (Å²) in [6.07, 6.45) is 0.654. The highest BCUT2D eigenvalue weighted by molar-refractivity contribution is 5.85. The lowest BCUT2D eigenvalue weighted by Gasteiger charge is -2.02. The fourth-order valence-corrected chi connectivity index (χ4v) is 0.768. The maximum atomic E-state index is 8.78. The smallest absolute Gasteiger partial charge is 0.0693 e. The summed E-state index contributed by atoms with van der Waals surface area (Å²) in [5.41, 5.74) is 0. The first kappa shape index (κ1) is 8.17. The highest BCUT2D eigenvalue weighted by Crippen LogP contribution is 2.01. The summed E-state index contributed by atoms with van der Waals surface area (Å²) in [5, 5.41) is 10.4. The minimum absolute atomic E-state index is 0. The predicted octanol–water partition coefficient (Wildman–Crippen LogP) is -0.652. The van der Waals surface area contributed by atoms with Crippen molar-refractivity contribution in [1.29, 1.82) is 0 Å². The van der Waals surface area contributed by atoms with E-state index in [2.05, 4.69) is 0 Å². The molecule has 0 bridgehead atoms. The lowest BCUT2D eigenvalue weighted by Crippen LogP contribution is -2.28. The van der Waals surface area contributed by atoms with Crippen LogP contribution in [-0.4, -0.2) is 29.3 Å². The van der Waals surface area contributed by atoms with Crippen molar-refractivity contribution in [2.75, 3.05) is 13.1 Å². The van der Waals surface area contributed by atoms with E-state index >= 15 is 0 Å². The van der Waals surface area contributed by atoms with Crippen molar-refractivity contribution in [3.05, 3.63) is 0 Å². The number of hydrogen-bond acceptors (Lipinski definition) is 3. The standard InChI is InChI=1S/C4H10N2O.ClH/c5-6-2-1-4(7)3-6;/h4,7H,1-3,5H2;1H. The lowest BCUT2D eigenvalue weighted by atomic mass is 10.3. The number of aliphatic hydroxyl groups excluding tert-OH is 1. The van der Waals surface area contributed by atoms with Crippen molar-refractivity contribution >= 4 is 12.4 Å². The number of hydrazine groups is 1. The molecular formula is C4H11ClN2O. The van der Waals surface area contributed by atoms with Gasteiger partial charge in [0.15, 0.2) is 0 Å². The van der Waals surface area contributed by atoms with Gasteiger partial charge in [0.2, 0.25) is 0 Å². The van der Waals surface area contributed by atoms with E-state index in [0.29, 0.717) is 6.54 Å². The van der Waals surface area contributed by atoms with Crippen molar-refractivity contribution < 1.29 is 5.11 Å². The number of nitrogens with zero attached hydrogens (tertiary/aromatic N) is 1. The van der Waals surface area contributed by atoms with Crippen LogP contribution in [0.2, 0.25) is 0 Å². The first-order chi connectivity index (χ1) is 3.29. The van der Waals surface area contributed by atoms with Gasteiger partial charge in [-0.15, -0.1) is 12.4 Å². The van der Waals surface area contributed by atoms with Gasteiger partial charge in [-0.05, 0) is 6.42 Å². The molecule has 1 saturated heterocycles. The van der Waals surface area contributed by atoms with Gasteiger partial charge in [0.1, 0.15) is 0 Å². The maximum Gasteiger partial charge on any atom is 0.0693 e.